The minimum atomic E-state index is -0.295. The number of nitrogens with zero attached hydrogens (tertiary/aromatic N) is 2. The summed E-state index contributed by atoms with van der Waals surface area (Å²) < 4.78 is 0. The fourth-order valence-electron chi connectivity index (χ4n) is 2.18. The number of likely N-dealkylation sites (tertiary alicyclic amines) is 1. The van der Waals surface area contributed by atoms with Crippen LogP contribution < -0.4 is 0 Å². The van der Waals surface area contributed by atoms with Crippen LogP contribution in [-0.2, 0) is 4.79 Å². The summed E-state index contributed by atoms with van der Waals surface area (Å²) in [6.45, 7) is 7.82. The number of carbonyl (C=O) groups is 1. The molecule has 0 aliphatic carbocycles. The fraction of sp³-hybridized carbons (Fsp3) is 0.923. The van der Waals surface area contributed by atoms with Crippen LogP contribution in [0.1, 0.15) is 27.2 Å². The minimum absolute atomic E-state index is 0.246. The molecular formula is C13H26N2O2. The van der Waals surface area contributed by atoms with Gasteiger partial charge in [-0.05, 0) is 20.5 Å². The number of Topliss-reactive ketones (excluding diaryl/α,β-unsaturated/α-hetero) is 1. The van der Waals surface area contributed by atoms with Gasteiger partial charge in [-0.2, -0.15) is 0 Å². The normalized spacial score (nSPS) is 26.8. The maximum Gasteiger partial charge on any atom is 0.152 e. The van der Waals surface area contributed by atoms with Crippen molar-refractivity contribution in [2.75, 3.05) is 33.7 Å². The first-order valence-electron chi connectivity index (χ1n) is 6.30. The van der Waals surface area contributed by atoms with Gasteiger partial charge < -0.3 is 10.0 Å². The molecule has 0 bridgehead atoms. The Kier molecular flexibility index (Phi) is 4.69. The number of rotatable bonds is 4. The maximum absolute atomic E-state index is 12.0. The highest BCUT2D eigenvalue weighted by Crippen LogP contribution is 2.21. The number of ketones is 1. The molecule has 0 aromatic heterocycles. The molecule has 1 heterocycles. The Morgan fingerprint density at radius 1 is 1.41 bits per heavy atom. The predicted molar refractivity (Wildman–Crippen MR) is 69.0 cm³/mol. The molecule has 0 aromatic carbocycles. The number of hydrogen-bond acceptors (Lipinski definition) is 4. The van der Waals surface area contributed by atoms with Crippen LogP contribution in [0, 0.1) is 5.41 Å². The summed E-state index contributed by atoms with van der Waals surface area (Å²) in [6.07, 6.45) is 0.489. The molecule has 2 atom stereocenters. The average molecular weight is 242 g/mol. The van der Waals surface area contributed by atoms with Gasteiger partial charge in [-0.25, -0.2) is 0 Å². The lowest BCUT2D eigenvalue weighted by Crippen LogP contribution is -2.42. The summed E-state index contributed by atoms with van der Waals surface area (Å²) in [7, 11) is 4.04. The molecule has 17 heavy (non-hydrogen) atoms. The van der Waals surface area contributed by atoms with Crippen molar-refractivity contribution in [3.8, 4) is 0 Å². The van der Waals surface area contributed by atoms with Crippen LogP contribution >= 0.6 is 0 Å². The molecule has 1 fully saturated rings. The summed E-state index contributed by atoms with van der Waals surface area (Å²) in [4.78, 5) is 16.3. The maximum atomic E-state index is 12.0. The molecule has 100 valence electrons. The third-order valence-electron chi connectivity index (χ3n) is 3.26. The number of hydrogen-bond donors (Lipinski definition) is 1. The molecule has 0 amide bonds. The Hall–Kier alpha value is -0.450. The van der Waals surface area contributed by atoms with E-state index in [2.05, 4.69) is 9.80 Å². The zero-order valence-electron chi connectivity index (χ0n) is 11.7. The molecule has 0 radical (unpaired) electrons. The standard InChI is InChI=1S/C13H26N2O2/c1-13(2,3)12(17)9-15-8-11(16)6-10(15)7-14(4)5/h10-11,16H,6-9H2,1-5H3. The van der Waals surface area contributed by atoms with E-state index in [1.165, 1.54) is 0 Å². The largest absolute Gasteiger partial charge is 0.392 e. The fourth-order valence-corrected chi connectivity index (χ4v) is 2.18. The van der Waals surface area contributed by atoms with Gasteiger partial charge >= 0.3 is 0 Å². The number of carbonyl (C=O) groups excluding carboxylic acids is 1. The molecule has 1 rings (SSSR count). The first kappa shape index (κ1) is 14.6. The van der Waals surface area contributed by atoms with Gasteiger partial charge in [0.1, 0.15) is 0 Å². The Morgan fingerprint density at radius 2 is 2.00 bits per heavy atom. The van der Waals surface area contributed by atoms with Crippen LogP contribution in [0.4, 0.5) is 0 Å². The van der Waals surface area contributed by atoms with E-state index in [0.29, 0.717) is 19.1 Å². The van der Waals surface area contributed by atoms with Crippen LogP contribution in [0.2, 0.25) is 0 Å². The summed E-state index contributed by atoms with van der Waals surface area (Å²) in [5.74, 6) is 0.246. The van der Waals surface area contributed by atoms with Crippen LogP contribution in [0.3, 0.4) is 0 Å². The lowest BCUT2D eigenvalue weighted by molar-refractivity contribution is -0.127. The molecule has 4 heteroatoms. The molecule has 0 saturated carbocycles. The van der Waals surface area contributed by atoms with Gasteiger partial charge in [-0.1, -0.05) is 20.8 Å². The monoisotopic (exact) mass is 242 g/mol. The number of aliphatic hydroxyl groups is 1. The molecule has 1 aliphatic rings. The van der Waals surface area contributed by atoms with Crippen LogP contribution in [-0.4, -0.2) is 66.6 Å². The summed E-state index contributed by atoms with van der Waals surface area (Å²) in [5.41, 5.74) is -0.295. The first-order chi connectivity index (χ1) is 7.70. The van der Waals surface area contributed by atoms with E-state index in [0.717, 1.165) is 13.0 Å². The van der Waals surface area contributed by atoms with Gasteiger partial charge in [0.05, 0.1) is 12.6 Å². The van der Waals surface area contributed by atoms with Crippen molar-refractivity contribution < 1.29 is 9.90 Å². The summed E-state index contributed by atoms with van der Waals surface area (Å²) in [5, 5.41) is 9.73. The highest BCUT2D eigenvalue weighted by atomic mass is 16.3. The lowest BCUT2D eigenvalue weighted by Gasteiger charge is -2.28. The molecule has 1 aliphatic heterocycles. The van der Waals surface area contributed by atoms with Gasteiger partial charge in [-0.3, -0.25) is 9.69 Å². The molecule has 1 saturated heterocycles. The third kappa shape index (κ3) is 4.37. The van der Waals surface area contributed by atoms with E-state index in [4.69, 9.17) is 0 Å². The second-order valence-corrected chi connectivity index (χ2v) is 6.41. The van der Waals surface area contributed by atoms with Crippen molar-refractivity contribution in [2.24, 2.45) is 5.41 Å². The molecule has 2 unspecified atom stereocenters. The molecule has 0 spiro atoms. The van der Waals surface area contributed by atoms with E-state index in [-0.39, 0.29) is 17.3 Å². The van der Waals surface area contributed by atoms with Crippen LogP contribution in [0.25, 0.3) is 0 Å². The van der Waals surface area contributed by atoms with Gasteiger partial charge in [0.25, 0.3) is 0 Å². The zero-order valence-corrected chi connectivity index (χ0v) is 11.7. The topological polar surface area (TPSA) is 43.8 Å². The lowest BCUT2D eigenvalue weighted by atomic mass is 9.90. The number of likely N-dealkylation sites (N-methyl/N-ethyl adjacent to an activating group) is 1. The minimum Gasteiger partial charge on any atom is -0.392 e. The predicted octanol–water partition coefficient (Wildman–Crippen LogP) is 0.598. The zero-order chi connectivity index (χ0) is 13.2. The third-order valence-corrected chi connectivity index (χ3v) is 3.26. The van der Waals surface area contributed by atoms with Gasteiger partial charge in [0.15, 0.2) is 5.78 Å². The molecule has 4 nitrogen and oxygen atoms in total. The van der Waals surface area contributed by atoms with Crippen molar-refractivity contribution in [1.82, 2.24) is 9.80 Å². The second-order valence-electron chi connectivity index (χ2n) is 6.41. The van der Waals surface area contributed by atoms with Crippen LogP contribution in [0.5, 0.6) is 0 Å². The number of β-amino-alcohol motifs (C(OH)–C–C–N with tert-alkyl or cyclic N) is 1. The van der Waals surface area contributed by atoms with E-state index in [1.54, 1.807) is 0 Å². The summed E-state index contributed by atoms with van der Waals surface area (Å²) in [6, 6.07) is 0.297. The SMILES string of the molecule is CN(C)CC1CC(O)CN1CC(=O)C(C)(C)C. The van der Waals surface area contributed by atoms with Crippen LogP contribution in [0.15, 0.2) is 0 Å². The molecular weight excluding hydrogens is 216 g/mol. The van der Waals surface area contributed by atoms with Gasteiger partial charge in [-0.15, -0.1) is 0 Å². The van der Waals surface area contributed by atoms with Gasteiger partial charge in [0, 0.05) is 24.5 Å². The quantitative estimate of drug-likeness (QED) is 0.784. The average Bonchev–Trinajstić information content (AvgIpc) is 2.43. The van der Waals surface area contributed by atoms with Crippen molar-refractivity contribution in [2.45, 2.75) is 39.3 Å². The number of aliphatic hydroxyl groups excluding tert-OH is 1. The van der Waals surface area contributed by atoms with Crippen molar-refractivity contribution >= 4 is 5.78 Å². The smallest absolute Gasteiger partial charge is 0.152 e. The Bertz CT molecular complexity index is 271. The second kappa shape index (κ2) is 5.46. The van der Waals surface area contributed by atoms with Gasteiger partial charge in [0.2, 0.25) is 0 Å². The highest BCUT2D eigenvalue weighted by molar-refractivity contribution is 5.85. The Labute approximate surface area is 105 Å². The van der Waals surface area contributed by atoms with Crippen molar-refractivity contribution in [3.63, 3.8) is 0 Å². The summed E-state index contributed by atoms with van der Waals surface area (Å²) >= 11 is 0. The van der Waals surface area contributed by atoms with E-state index < -0.39 is 0 Å². The highest BCUT2D eigenvalue weighted by Gasteiger charge is 2.34. The van der Waals surface area contributed by atoms with E-state index in [9.17, 15) is 9.90 Å². The van der Waals surface area contributed by atoms with E-state index >= 15 is 0 Å². The van der Waals surface area contributed by atoms with E-state index in [1.807, 2.05) is 34.9 Å². The molecule has 1 N–H and O–H groups in total. The Balaban J connectivity index is 2.59. The first-order valence-corrected chi connectivity index (χ1v) is 6.30. The van der Waals surface area contributed by atoms with Crippen molar-refractivity contribution in [3.05, 3.63) is 0 Å². The Morgan fingerprint density at radius 3 is 2.47 bits per heavy atom. The van der Waals surface area contributed by atoms with Crippen molar-refractivity contribution in [1.29, 1.82) is 0 Å². The molecule has 0 aromatic rings.